The summed E-state index contributed by atoms with van der Waals surface area (Å²) in [5.74, 6) is 0. The van der Waals surface area contributed by atoms with Crippen LogP contribution in [0.5, 0.6) is 0 Å². The van der Waals surface area contributed by atoms with E-state index in [2.05, 4.69) is 15.7 Å². The molecule has 0 bridgehead atoms. The maximum atomic E-state index is 5.56. The minimum absolute atomic E-state index is 0.0485. The van der Waals surface area contributed by atoms with E-state index in [9.17, 15) is 0 Å². The van der Waals surface area contributed by atoms with Crippen LogP contribution in [0.4, 0.5) is 0 Å². The monoisotopic (exact) mass is 212 g/mol. The van der Waals surface area contributed by atoms with E-state index in [4.69, 9.17) is 17.0 Å². The van der Waals surface area contributed by atoms with Gasteiger partial charge < -0.3 is 14.3 Å². The molecule has 1 aliphatic rings. The van der Waals surface area contributed by atoms with Gasteiger partial charge in [0.1, 0.15) is 0 Å². The van der Waals surface area contributed by atoms with E-state index in [0.29, 0.717) is 0 Å². The van der Waals surface area contributed by atoms with Gasteiger partial charge in [0, 0.05) is 19.0 Å². The first kappa shape index (κ1) is 9.93. The summed E-state index contributed by atoms with van der Waals surface area (Å²) in [6.45, 7) is 2.90. The van der Waals surface area contributed by atoms with Gasteiger partial charge in [0.05, 0.1) is 12.1 Å². The van der Waals surface area contributed by atoms with Crippen molar-refractivity contribution in [3.63, 3.8) is 0 Å². The first-order valence-electron chi connectivity index (χ1n) is 4.96. The molecule has 0 unspecified atom stereocenters. The van der Waals surface area contributed by atoms with Crippen molar-refractivity contribution in [2.45, 2.75) is 38.3 Å². The molecule has 0 amide bonds. The smallest absolute Gasteiger partial charge is 0.177 e. The van der Waals surface area contributed by atoms with Gasteiger partial charge in [0.2, 0.25) is 0 Å². The van der Waals surface area contributed by atoms with Gasteiger partial charge in [0.15, 0.2) is 4.77 Å². The molecular weight excluding hydrogens is 196 g/mol. The Kier molecular flexibility index (Phi) is 2.49. The topological polar surface area (TPSA) is 29.9 Å². The van der Waals surface area contributed by atoms with Crippen LogP contribution in [-0.2, 0) is 11.3 Å². The lowest BCUT2D eigenvalue weighted by Gasteiger charge is -2.40. The predicted molar refractivity (Wildman–Crippen MR) is 57.9 cm³/mol. The largest absolute Gasteiger partial charge is 0.376 e. The summed E-state index contributed by atoms with van der Waals surface area (Å²) in [5.41, 5.74) is 1.16. The normalized spacial score (nSPS) is 19.3. The van der Waals surface area contributed by atoms with Gasteiger partial charge in [-0.2, -0.15) is 0 Å². The Labute approximate surface area is 89.1 Å². The van der Waals surface area contributed by atoms with Crippen LogP contribution in [-0.4, -0.2) is 22.3 Å². The number of nitrogens with zero attached hydrogens (tertiary/aromatic N) is 1. The van der Waals surface area contributed by atoms with Crippen molar-refractivity contribution in [1.29, 1.82) is 0 Å². The minimum Gasteiger partial charge on any atom is -0.376 e. The summed E-state index contributed by atoms with van der Waals surface area (Å²) in [4.78, 5) is 3.12. The SMILES string of the molecule is COC1(Cn2cc(C)[nH]c2=S)CCC1. The molecule has 0 atom stereocenters. The van der Waals surface area contributed by atoms with Gasteiger partial charge in [-0.05, 0) is 38.4 Å². The molecule has 0 spiro atoms. The molecule has 0 saturated heterocycles. The lowest BCUT2D eigenvalue weighted by Crippen LogP contribution is -2.43. The van der Waals surface area contributed by atoms with Gasteiger partial charge in [-0.1, -0.05) is 0 Å². The number of ether oxygens (including phenoxy) is 1. The van der Waals surface area contributed by atoms with Gasteiger partial charge >= 0.3 is 0 Å². The van der Waals surface area contributed by atoms with Crippen molar-refractivity contribution in [3.05, 3.63) is 16.7 Å². The van der Waals surface area contributed by atoms with Gasteiger partial charge in [-0.3, -0.25) is 0 Å². The lowest BCUT2D eigenvalue weighted by atomic mass is 9.80. The summed E-state index contributed by atoms with van der Waals surface area (Å²) in [7, 11) is 1.79. The van der Waals surface area contributed by atoms with Crippen molar-refractivity contribution < 1.29 is 4.74 Å². The molecule has 4 heteroatoms. The van der Waals surface area contributed by atoms with Crippen LogP contribution < -0.4 is 0 Å². The minimum atomic E-state index is 0.0485. The highest BCUT2D eigenvalue weighted by Crippen LogP contribution is 2.36. The van der Waals surface area contributed by atoms with Gasteiger partial charge in [-0.25, -0.2) is 0 Å². The van der Waals surface area contributed by atoms with E-state index >= 15 is 0 Å². The van der Waals surface area contributed by atoms with Crippen molar-refractivity contribution >= 4 is 12.2 Å². The molecule has 1 saturated carbocycles. The number of nitrogens with one attached hydrogen (secondary N) is 1. The van der Waals surface area contributed by atoms with Crippen molar-refractivity contribution in [2.24, 2.45) is 0 Å². The Bertz CT molecular complexity index is 370. The van der Waals surface area contributed by atoms with Crippen molar-refractivity contribution in [1.82, 2.24) is 9.55 Å². The maximum Gasteiger partial charge on any atom is 0.177 e. The zero-order chi connectivity index (χ0) is 10.2. The van der Waals surface area contributed by atoms with E-state index < -0.39 is 0 Å². The highest BCUT2D eigenvalue weighted by Gasteiger charge is 2.37. The van der Waals surface area contributed by atoms with Crippen LogP contribution in [0.15, 0.2) is 6.20 Å². The highest BCUT2D eigenvalue weighted by atomic mass is 32.1. The average molecular weight is 212 g/mol. The molecule has 1 aromatic rings. The second-order valence-electron chi connectivity index (χ2n) is 4.11. The van der Waals surface area contributed by atoms with Crippen LogP contribution in [0.2, 0.25) is 0 Å². The summed E-state index contributed by atoms with van der Waals surface area (Å²) in [6, 6.07) is 0. The van der Waals surface area contributed by atoms with Crippen LogP contribution in [0, 0.1) is 11.7 Å². The highest BCUT2D eigenvalue weighted by molar-refractivity contribution is 7.71. The van der Waals surface area contributed by atoms with E-state index in [1.165, 1.54) is 6.42 Å². The number of hydrogen-bond donors (Lipinski definition) is 1. The van der Waals surface area contributed by atoms with Crippen molar-refractivity contribution in [2.75, 3.05) is 7.11 Å². The van der Waals surface area contributed by atoms with Crippen molar-refractivity contribution in [3.8, 4) is 0 Å². The van der Waals surface area contributed by atoms with Gasteiger partial charge in [0.25, 0.3) is 0 Å². The molecule has 3 nitrogen and oxygen atoms in total. The van der Waals surface area contributed by atoms with Crippen LogP contribution >= 0.6 is 12.2 Å². The second-order valence-corrected chi connectivity index (χ2v) is 4.50. The molecule has 2 rings (SSSR count). The van der Waals surface area contributed by atoms with Gasteiger partial charge in [-0.15, -0.1) is 0 Å². The van der Waals surface area contributed by atoms with E-state index in [1.54, 1.807) is 7.11 Å². The first-order chi connectivity index (χ1) is 6.65. The number of hydrogen-bond acceptors (Lipinski definition) is 2. The number of rotatable bonds is 3. The van der Waals surface area contributed by atoms with E-state index in [-0.39, 0.29) is 5.60 Å². The first-order valence-corrected chi connectivity index (χ1v) is 5.37. The molecule has 0 aliphatic heterocycles. The quantitative estimate of drug-likeness (QED) is 0.780. The third-order valence-corrected chi connectivity index (χ3v) is 3.41. The number of methoxy groups -OCH3 is 1. The number of aromatic amines is 1. The number of aryl methyl sites for hydroxylation is 1. The molecule has 14 heavy (non-hydrogen) atoms. The molecule has 1 fully saturated rings. The standard InChI is InChI=1S/C10H16N2OS/c1-8-6-12(9(14)11-8)7-10(13-2)4-3-5-10/h6H,3-5,7H2,1-2H3,(H,11,14). The molecule has 1 aromatic heterocycles. The molecule has 78 valence electrons. The fraction of sp³-hybridized carbons (Fsp3) is 0.700. The third-order valence-electron chi connectivity index (χ3n) is 3.07. The summed E-state index contributed by atoms with van der Waals surface area (Å²) in [6.07, 6.45) is 5.62. The Morgan fingerprint density at radius 2 is 2.36 bits per heavy atom. The average Bonchev–Trinajstić information content (AvgIpc) is 2.38. The Balaban J connectivity index is 2.17. The zero-order valence-electron chi connectivity index (χ0n) is 8.67. The lowest BCUT2D eigenvalue weighted by molar-refractivity contribution is -0.0837. The summed E-state index contributed by atoms with van der Waals surface area (Å²) in [5, 5.41) is 0. The second kappa shape index (κ2) is 3.51. The van der Waals surface area contributed by atoms with Crippen LogP contribution in [0.1, 0.15) is 25.0 Å². The van der Waals surface area contributed by atoms with E-state index in [0.717, 1.165) is 29.9 Å². The molecule has 0 aromatic carbocycles. The Morgan fingerprint density at radius 1 is 1.64 bits per heavy atom. The molecule has 1 N–H and O–H groups in total. The van der Waals surface area contributed by atoms with Crippen LogP contribution in [0.3, 0.4) is 0 Å². The Morgan fingerprint density at radius 3 is 2.71 bits per heavy atom. The molecule has 1 aliphatic carbocycles. The fourth-order valence-corrected chi connectivity index (χ4v) is 2.27. The van der Waals surface area contributed by atoms with Crippen LogP contribution in [0.25, 0.3) is 0 Å². The maximum absolute atomic E-state index is 5.56. The number of H-pyrrole nitrogens is 1. The molecular formula is C10H16N2OS. The number of imidazole rings is 1. The summed E-state index contributed by atoms with van der Waals surface area (Å²) < 4.78 is 8.43. The third kappa shape index (κ3) is 1.64. The predicted octanol–water partition coefficient (Wildman–Crippen LogP) is 2.42. The molecule has 0 radical (unpaired) electrons. The van der Waals surface area contributed by atoms with E-state index in [1.807, 2.05) is 6.92 Å². The Hall–Kier alpha value is -0.610. The summed E-state index contributed by atoms with van der Waals surface area (Å²) >= 11 is 5.21. The zero-order valence-corrected chi connectivity index (χ0v) is 9.49. The molecule has 1 heterocycles. The number of aromatic nitrogens is 2. The fourth-order valence-electron chi connectivity index (χ4n) is 1.99.